The van der Waals surface area contributed by atoms with Crippen LogP contribution >= 0.6 is 0 Å². The zero-order valence-corrected chi connectivity index (χ0v) is 17.5. The number of amides is 1. The van der Waals surface area contributed by atoms with Gasteiger partial charge in [0.15, 0.2) is 5.69 Å². The van der Waals surface area contributed by atoms with E-state index < -0.39 is 5.91 Å². The number of hydrogen-bond donors (Lipinski definition) is 2. The predicted octanol–water partition coefficient (Wildman–Crippen LogP) is 3.21. The summed E-state index contributed by atoms with van der Waals surface area (Å²) in [6, 6.07) is 23.2. The van der Waals surface area contributed by atoms with Crippen LogP contribution in [0.25, 0.3) is 27.8 Å². The average molecular weight is 438 g/mol. The Morgan fingerprint density at radius 2 is 1.76 bits per heavy atom. The molecule has 1 amide bonds. The number of carbonyl (C=O) groups excluding carboxylic acids is 1. The molecule has 33 heavy (non-hydrogen) atoms. The van der Waals surface area contributed by atoms with E-state index in [1.54, 1.807) is 0 Å². The summed E-state index contributed by atoms with van der Waals surface area (Å²) in [5.41, 5.74) is 11.1. The molecule has 0 fully saturated rings. The van der Waals surface area contributed by atoms with Crippen molar-refractivity contribution >= 4 is 28.2 Å². The van der Waals surface area contributed by atoms with Gasteiger partial charge in [-0.3, -0.25) is 4.79 Å². The van der Waals surface area contributed by atoms with Gasteiger partial charge in [-0.05, 0) is 39.6 Å². The van der Waals surface area contributed by atoms with Crippen molar-refractivity contribution in [2.24, 2.45) is 5.10 Å². The van der Waals surface area contributed by atoms with Crippen LogP contribution in [0.15, 0.2) is 82.5 Å². The smallest absolute Gasteiger partial charge is 0.292 e. The fraction of sp³-hybridized carbons (Fsp3) is 0.0435. The highest BCUT2D eigenvalue weighted by atomic mass is 16.6. The topological polar surface area (TPSA) is 137 Å². The molecule has 0 atom stereocenters. The summed E-state index contributed by atoms with van der Waals surface area (Å²) < 4.78 is 5.85. The zero-order chi connectivity index (χ0) is 22.8. The molecular weight excluding hydrogens is 420 g/mol. The van der Waals surface area contributed by atoms with Crippen LogP contribution in [0, 0.1) is 0 Å². The maximum atomic E-state index is 13.2. The molecule has 0 bridgehead atoms. The Balaban J connectivity index is 1.50. The number of nitrogen functional groups attached to an aromatic ring is 1. The molecule has 2 heterocycles. The normalized spacial score (nSPS) is 11.6. The first kappa shape index (κ1) is 20.1. The van der Waals surface area contributed by atoms with Crippen molar-refractivity contribution in [2.75, 3.05) is 5.73 Å². The van der Waals surface area contributed by atoms with Crippen LogP contribution in [-0.4, -0.2) is 36.9 Å². The summed E-state index contributed by atoms with van der Waals surface area (Å²) in [5.74, 6) is -0.504. The Labute approximate surface area is 187 Å². The van der Waals surface area contributed by atoms with Gasteiger partial charge >= 0.3 is 0 Å². The van der Waals surface area contributed by atoms with E-state index in [0.717, 1.165) is 16.3 Å². The number of nitrogens with zero attached hydrogens (tertiary/aromatic N) is 6. The number of nitrogens with one attached hydrogen (secondary N) is 1. The van der Waals surface area contributed by atoms with Gasteiger partial charge in [-0.1, -0.05) is 71.9 Å². The molecule has 5 aromatic rings. The summed E-state index contributed by atoms with van der Waals surface area (Å²) in [7, 11) is 0. The van der Waals surface area contributed by atoms with Crippen LogP contribution in [0.2, 0.25) is 0 Å². The Morgan fingerprint density at radius 1 is 1.00 bits per heavy atom. The predicted molar refractivity (Wildman–Crippen MR) is 123 cm³/mol. The first-order valence-corrected chi connectivity index (χ1v) is 10.0. The summed E-state index contributed by atoms with van der Waals surface area (Å²) in [6.07, 6.45) is 0. The number of hydrazone groups is 1. The molecule has 3 N–H and O–H groups in total. The molecule has 0 saturated heterocycles. The third-order valence-electron chi connectivity index (χ3n) is 5.12. The van der Waals surface area contributed by atoms with Gasteiger partial charge in [0.1, 0.15) is 5.69 Å². The molecule has 0 aliphatic heterocycles. The molecule has 10 nitrogen and oxygen atoms in total. The number of rotatable bonds is 5. The highest BCUT2D eigenvalue weighted by Crippen LogP contribution is 2.24. The molecule has 0 spiro atoms. The maximum Gasteiger partial charge on any atom is 0.292 e. The lowest BCUT2D eigenvalue weighted by atomic mass is 10.0. The van der Waals surface area contributed by atoms with Crippen molar-refractivity contribution in [1.29, 1.82) is 0 Å². The molecule has 3 aromatic carbocycles. The fourth-order valence-corrected chi connectivity index (χ4v) is 3.43. The van der Waals surface area contributed by atoms with Gasteiger partial charge in [0, 0.05) is 5.56 Å². The van der Waals surface area contributed by atoms with Crippen LogP contribution in [0.4, 0.5) is 5.82 Å². The highest BCUT2D eigenvalue weighted by Gasteiger charge is 2.26. The zero-order valence-electron chi connectivity index (χ0n) is 17.5. The summed E-state index contributed by atoms with van der Waals surface area (Å²) in [6.45, 7) is 1.82. The van der Waals surface area contributed by atoms with Crippen molar-refractivity contribution in [1.82, 2.24) is 30.7 Å². The second kappa shape index (κ2) is 8.35. The molecule has 2 aromatic heterocycles. The van der Waals surface area contributed by atoms with Gasteiger partial charge in [0.2, 0.25) is 11.6 Å². The van der Waals surface area contributed by atoms with E-state index in [-0.39, 0.29) is 17.3 Å². The van der Waals surface area contributed by atoms with Crippen LogP contribution < -0.4 is 11.2 Å². The number of fused-ring (bicyclic) bond motifs is 1. The Morgan fingerprint density at radius 3 is 2.52 bits per heavy atom. The van der Waals surface area contributed by atoms with E-state index in [4.69, 9.17) is 5.73 Å². The lowest BCUT2D eigenvalue weighted by Gasteiger charge is -2.07. The van der Waals surface area contributed by atoms with Crippen LogP contribution in [-0.2, 0) is 0 Å². The lowest BCUT2D eigenvalue weighted by molar-refractivity contribution is 0.0947. The summed E-state index contributed by atoms with van der Waals surface area (Å²) >= 11 is 0. The van der Waals surface area contributed by atoms with Gasteiger partial charge < -0.3 is 5.73 Å². The Hall–Kier alpha value is -4.86. The molecule has 0 aliphatic rings. The quantitative estimate of drug-likeness (QED) is 0.317. The van der Waals surface area contributed by atoms with E-state index in [9.17, 15) is 4.79 Å². The average Bonchev–Trinajstić information content (AvgIpc) is 3.48. The Kier molecular flexibility index (Phi) is 5.07. The van der Waals surface area contributed by atoms with Crippen LogP contribution in [0.5, 0.6) is 0 Å². The van der Waals surface area contributed by atoms with Crippen molar-refractivity contribution in [3.05, 3.63) is 84.1 Å². The number of hydrogen-bond acceptors (Lipinski definition) is 8. The van der Waals surface area contributed by atoms with Crippen molar-refractivity contribution in [3.8, 4) is 17.1 Å². The van der Waals surface area contributed by atoms with E-state index in [0.29, 0.717) is 17.0 Å². The summed E-state index contributed by atoms with van der Waals surface area (Å²) in [5, 5.41) is 22.0. The molecule has 10 heteroatoms. The van der Waals surface area contributed by atoms with E-state index in [1.165, 1.54) is 4.68 Å². The number of anilines is 1. The van der Waals surface area contributed by atoms with Crippen LogP contribution in [0.3, 0.4) is 0 Å². The molecule has 0 unspecified atom stereocenters. The number of aromatic nitrogens is 5. The largest absolute Gasteiger partial charge is 0.378 e. The van der Waals surface area contributed by atoms with Gasteiger partial charge in [-0.15, -0.1) is 5.10 Å². The highest BCUT2D eigenvalue weighted by molar-refractivity contribution is 6.04. The fourth-order valence-electron chi connectivity index (χ4n) is 3.43. The van der Waals surface area contributed by atoms with Gasteiger partial charge in [0.25, 0.3) is 5.91 Å². The second-order valence-corrected chi connectivity index (χ2v) is 7.24. The maximum absolute atomic E-state index is 13.2. The molecule has 0 saturated carbocycles. The molecule has 162 valence electrons. The van der Waals surface area contributed by atoms with E-state index in [2.05, 4.69) is 35.8 Å². The van der Waals surface area contributed by atoms with Crippen LogP contribution in [0.1, 0.15) is 23.0 Å². The third kappa shape index (κ3) is 3.81. The first-order chi connectivity index (χ1) is 16.1. The minimum absolute atomic E-state index is 0.0237. The lowest BCUT2D eigenvalue weighted by Crippen LogP contribution is -2.23. The SMILES string of the molecule is C/C(=N\NC(=O)c1c(-c2ccccc2)nnn1-c1nonc1N)c1ccc2ccccc2c1. The van der Waals surface area contributed by atoms with E-state index >= 15 is 0 Å². The number of benzene rings is 3. The number of carbonyl (C=O) groups is 1. The Bertz CT molecular complexity index is 1490. The minimum atomic E-state index is -0.540. The molecule has 0 radical (unpaired) electrons. The monoisotopic (exact) mass is 438 g/mol. The van der Waals surface area contributed by atoms with E-state index in [1.807, 2.05) is 79.7 Å². The minimum Gasteiger partial charge on any atom is -0.378 e. The summed E-state index contributed by atoms with van der Waals surface area (Å²) in [4.78, 5) is 13.2. The standard InChI is InChI=1S/C23H18N8O2/c1-14(17-12-11-15-7-5-6-10-18(15)13-17)25-27-23(32)20-19(16-8-3-2-4-9-16)26-30-31(20)22-21(24)28-33-29-22/h2-13H,1H3,(H2,24,28)(H,27,32)/b25-14+. The third-order valence-corrected chi connectivity index (χ3v) is 5.12. The number of nitrogens with two attached hydrogens (primary N) is 1. The van der Waals surface area contributed by atoms with Gasteiger partial charge in [0.05, 0.1) is 5.71 Å². The molecule has 0 aliphatic carbocycles. The first-order valence-electron chi connectivity index (χ1n) is 10.0. The van der Waals surface area contributed by atoms with Gasteiger partial charge in [-0.2, -0.15) is 9.78 Å². The second-order valence-electron chi connectivity index (χ2n) is 7.24. The van der Waals surface area contributed by atoms with Crippen molar-refractivity contribution in [3.63, 3.8) is 0 Å². The van der Waals surface area contributed by atoms with Gasteiger partial charge in [-0.25, -0.2) is 10.1 Å². The molecular formula is C23H18N8O2. The van der Waals surface area contributed by atoms with Crippen molar-refractivity contribution in [2.45, 2.75) is 6.92 Å². The molecule has 5 rings (SSSR count). The van der Waals surface area contributed by atoms with Crippen molar-refractivity contribution < 1.29 is 9.42 Å².